The number of likely N-dealkylation sites (N-methyl/N-ethyl adjacent to an activating group) is 2. The molecule has 0 aliphatic rings. The number of hydrogen-bond acceptors (Lipinski definition) is 5. The van der Waals surface area contributed by atoms with Crippen LogP contribution >= 0.6 is 11.6 Å². The van der Waals surface area contributed by atoms with Crippen molar-refractivity contribution in [2.75, 3.05) is 27.7 Å². The first-order chi connectivity index (χ1) is 15.1. The fraction of sp³-hybridized carbons (Fsp3) is 0.364. The SMILES string of the molecule is CC[C@@H](C(=O)NC)N(Cc1ccc(OC)cc1)C(=O)CN(C)S(=O)(=O)c1ccc(Cl)cc1. The van der Waals surface area contributed by atoms with Gasteiger partial charge in [0.05, 0.1) is 18.6 Å². The normalized spacial score (nSPS) is 12.3. The Kier molecular flexibility index (Phi) is 9.06. The lowest BCUT2D eigenvalue weighted by molar-refractivity contribution is -0.141. The molecule has 0 aliphatic heterocycles. The van der Waals surface area contributed by atoms with Gasteiger partial charge in [0.25, 0.3) is 0 Å². The van der Waals surface area contributed by atoms with E-state index >= 15 is 0 Å². The van der Waals surface area contributed by atoms with Crippen LogP contribution in [0.15, 0.2) is 53.4 Å². The van der Waals surface area contributed by atoms with E-state index in [0.29, 0.717) is 17.2 Å². The smallest absolute Gasteiger partial charge is 0.243 e. The molecule has 1 atom stereocenters. The lowest BCUT2D eigenvalue weighted by Gasteiger charge is -2.31. The lowest BCUT2D eigenvalue weighted by atomic mass is 10.1. The molecule has 2 rings (SSSR count). The predicted octanol–water partition coefficient (Wildman–Crippen LogP) is 2.52. The quantitative estimate of drug-likeness (QED) is 0.562. The Morgan fingerprint density at radius 3 is 2.19 bits per heavy atom. The molecule has 8 nitrogen and oxygen atoms in total. The van der Waals surface area contributed by atoms with Crippen LogP contribution in [0.3, 0.4) is 0 Å². The Bertz CT molecular complexity index is 1030. The summed E-state index contributed by atoms with van der Waals surface area (Å²) < 4.78 is 31.9. The molecule has 0 heterocycles. The maximum absolute atomic E-state index is 13.2. The summed E-state index contributed by atoms with van der Waals surface area (Å²) in [5, 5.41) is 2.98. The van der Waals surface area contributed by atoms with Gasteiger partial charge in [-0.1, -0.05) is 30.7 Å². The van der Waals surface area contributed by atoms with Gasteiger partial charge in [-0.2, -0.15) is 4.31 Å². The second-order valence-corrected chi connectivity index (χ2v) is 9.60. The van der Waals surface area contributed by atoms with Crippen molar-refractivity contribution < 1.29 is 22.7 Å². The van der Waals surface area contributed by atoms with Gasteiger partial charge in [-0.15, -0.1) is 0 Å². The van der Waals surface area contributed by atoms with Gasteiger partial charge < -0.3 is 15.0 Å². The summed E-state index contributed by atoms with van der Waals surface area (Å²) >= 11 is 5.84. The van der Waals surface area contributed by atoms with Crippen LogP contribution in [0.5, 0.6) is 5.75 Å². The first-order valence-electron chi connectivity index (χ1n) is 9.99. The van der Waals surface area contributed by atoms with Crippen molar-refractivity contribution in [1.29, 1.82) is 0 Å². The molecule has 0 bridgehead atoms. The monoisotopic (exact) mass is 481 g/mol. The van der Waals surface area contributed by atoms with E-state index in [1.807, 2.05) is 0 Å². The molecule has 174 valence electrons. The minimum atomic E-state index is -3.91. The van der Waals surface area contributed by atoms with Crippen LogP contribution in [0.1, 0.15) is 18.9 Å². The Morgan fingerprint density at radius 2 is 1.69 bits per heavy atom. The van der Waals surface area contributed by atoms with Gasteiger partial charge >= 0.3 is 0 Å². The van der Waals surface area contributed by atoms with Gasteiger partial charge in [0, 0.05) is 25.7 Å². The Labute approximate surface area is 194 Å². The summed E-state index contributed by atoms with van der Waals surface area (Å²) in [4.78, 5) is 27.1. The standard InChI is InChI=1S/C22H28ClN3O5S/c1-5-20(22(28)24-2)26(14-16-6-10-18(31-4)11-7-16)21(27)15-25(3)32(29,30)19-12-8-17(23)9-13-19/h6-13,20H,5,14-15H2,1-4H3,(H,24,28)/t20-/m0/s1. The van der Waals surface area contributed by atoms with Gasteiger partial charge in [0.1, 0.15) is 11.8 Å². The maximum Gasteiger partial charge on any atom is 0.243 e. The highest BCUT2D eigenvalue weighted by Gasteiger charge is 2.31. The topological polar surface area (TPSA) is 96.0 Å². The molecule has 0 aliphatic carbocycles. The van der Waals surface area contributed by atoms with E-state index in [4.69, 9.17) is 16.3 Å². The number of nitrogens with one attached hydrogen (secondary N) is 1. The first-order valence-corrected chi connectivity index (χ1v) is 11.8. The molecule has 2 amide bonds. The fourth-order valence-electron chi connectivity index (χ4n) is 3.17. The zero-order chi connectivity index (χ0) is 23.9. The highest BCUT2D eigenvalue weighted by atomic mass is 35.5. The molecule has 0 aromatic heterocycles. The summed E-state index contributed by atoms with van der Waals surface area (Å²) in [6.45, 7) is 1.51. The summed E-state index contributed by atoms with van der Waals surface area (Å²) in [6, 6.07) is 12.1. The van der Waals surface area contributed by atoms with Gasteiger partial charge in [0.2, 0.25) is 21.8 Å². The average molecular weight is 482 g/mol. The van der Waals surface area contributed by atoms with Crippen molar-refractivity contribution >= 4 is 33.4 Å². The van der Waals surface area contributed by atoms with E-state index in [1.165, 1.54) is 43.3 Å². The van der Waals surface area contributed by atoms with Crippen molar-refractivity contribution in [2.24, 2.45) is 0 Å². The van der Waals surface area contributed by atoms with Crippen molar-refractivity contribution in [3.05, 3.63) is 59.1 Å². The van der Waals surface area contributed by atoms with Gasteiger partial charge in [-0.3, -0.25) is 9.59 Å². The third kappa shape index (κ3) is 6.21. The number of methoxy groups -OCH3 is 1. The molecule has 2 aromatic carbocycles. The molecule has 0 fully saturated rings. The molecular formula is C22H28ClN3O5S. The van der Waals surface area contributed by atoms with E-state index in [2.05, 4.69) is 5.32 Å². The summed E-state index contributed by atoms with van der Waals surface area (Å²) in [6.07, 6.45) is 0.370. The maximum atomic E-state index is 13.2. The van der Waals surface area contributed by atoms with Crippen molar-refractivity contribution in [2.45, 2.75) is 30.8 Å². The fourth-order valence-corrected chi connectivity index (χ4v) is 4.41. The number of sulfonamides is 1. The zero-order valence-corrected chi connectivity index (χ0v) is 20.1. The number of amides is 2. The van der Waals surface area contributed by atoms with Gasteiger partial charge in [0.15, 0.2) is 0 Å². The predicted molar refractivity (Wildman–Crippen MR) is 123 cm³/mol. The molecule has 0 spiro atoms. The summed E-state index contributed by atoms with van der Waals surface area (Å²) in [5.41, 5.74) is 0.782. The summed E-state index contributed by atoms with van der Waals surface area (Å²) in [7, 11) is 0.468. The number of nitrogens with zero attached hydrogens (tertiary/aromatic N) is 2. The number of carbonyl (C=O) groups is 2. The van der Waals surface area contributed by atoms with E-state index in [-0.39, 0.29) is 17.3 Å². The summed E-state index contributed by atoms with van der Waals surface area (Å²) in [5.74, 6) is -0.146. The molecule has 0 saturated carbocycles. The molecule has 10 heteroatoms. The van der Waals surface area contributed by atoms with E-state index in [9.17, 15) is 18.0 Å². The second kappa shape index (κ2) is 11.3. The van der Waals surface area contributed by atoms with E-state index in [0.717, 1.165) is 9.87 Å². The molecule has 0 saturated heterocycles. The van der Waals surface area contributed by atoms with Crippen LogP contribution < -0.4 is 10.1 Å². The van der Waals surface area contributed by atoms with E-state index in [1.54, 1.807) is 38.3 Å². The van der Waals surface area contributed by atoms with E-state index < -0.39 is 28.5 Å². The second-order valence-electron chi connectivity index (χ2n) is 7.12. The Balaban J connectivity index is 2.29. The number of benzene rings is 2. The average Bonchev–Trinajstić information content (AvgIpc) is 2.79. The van der Waals surface area contributed by atoms with Gasteiger partial charge in [-0.25, -0.2) is 8.42 Å². The highest BCUT2D eigenvalue weighted by molar-refractivity contribution is 7.89. The molecule has 0 radical (unpaired) electrons. The number of carbonyl (C=O) groups excluding carboxylic acids is 2. The van der Waals surface area contributed by atoms with Gasteiger partial charge in [-0.05, 0) is 48.4 Å². The van der Waals surface area contributed by atoms with Crippen LogP contribution in [0.25, 0.3) is 0 Å². The number of halogens is 1. The molecule has 2 aromatic rings. The van der Waals surface area contributed by atoms with Crippen molar-refractivity contribution in [3.63, 3.8) is 0 Å². The van der Waals surface area contributed by atoms with Crippen LogP contribution in [-0.2, 0) is 26.2 Å². The largest absolute Gasteiger partial charge is 0.497 e. The Morgan fingerprint density at radius 1 is 1.09 bits per heavy atom. The lowest BCUT2D eigenvalue weighted by Crippen LogP contribution is -2.51. The first kappa shape index (κ1) is 25.6. The third-order valence-electron chi connectivity index (χ3n) is 5.02. The Hall–Kier alpha value is -2.62. The van der Waals surface area contributed by atoms with Crippen molar-refractivity contribution in [3.8, 4) is 5.75 Å². The third-order valence-corrected chi connectivity index (χ3v) is 7.09. The minimum Gasteiger partial charge on any atom is -0.497 e. The van der Waals surface area contributed by atoms with Crippen LogP contribution in [0.4, 0.5) is 0 Å². The molecular weight excluding hydrogens is 454 g/mol. The zero-order valence-electron chi connectivity index (χ0n) is 18.5. The molecule has 32 heavy (non-hydrogen) atoms. The van der Waals surface area contributed by atoms with Crippen LogP contribution in [0, 0.1) is 0 Å². The minimum absolute atomic E-state index is 0.0252. The van der Waals surface area contributed by atoms with Crippen LogP contribution in [0.2, 0.25) is 5.02 Å². The van der Waals surface area contributed by atoms with Crippen molar-refractivity contribution in [1.82, 2.24) is 14.5 Å². The molecule has 0 unspecified atom stereocenters. The number of rotatable bonds is 10. The highest BCUT2D eigenvalue weighted by Crippen LogP contribution is 2.19. The molecule has 1 N–H and O–H groups in total. The number of hydrogen-bond donors (Lipinski definition) is 1. The number of ether oxygens (including phenoxy) is 1. The van der Waals surface area contributed by atoms with Crippen LogP contribution in [-0.4, -0.2) is 63.2 Å².